The Kier molecular flexibility index (Phi) is 5.08. The van der Waals surface area contributed by atoms with Gasteiger partial charge in [0.05, 0.1) is 11.6 Å². The van der Waals surface area contributed by atoms with E-state index in [-0.39, 0.29) is 0 Å². The zero-order chi connectivity index (χ0) is 16.9. The van der Waals surface area contributed by atoms with Crippen molar-refractivity contribution in [3.63, 3.8) is 0 Å². The molecule has 122 valence electrons. The largest absolute Gasteiger partial charge is 0.343 e. The maximum atomic E-state index is 6.15. The number of thiocarbonyl (C=S) groups is 1. The maximum absolute atomic E-state index is 6.15. The summed E-state index contributed by atoms with van der Waals surface area (Å²) >= 11 is 11.5. The molecule has 0 unspecified atom stereocenters. The third-order valence-electron chi connectivity index (χ3n) is 3.33. The minimum absolute atomic E-state index is 0.399. The lowest BCUT2D eigenvalue weighted by Gasteiger charge is -2.19. The second kappa shape index (κ2) is 7.42. The molecule has 0 radical (unpaired) electrons. The summed E-state index contributed by atoms with van der Waals surface area (Å²) in [6, 6.07) is 17.1. The number of rotatable bonds is 4. The Labute approximate surface area is 150 Å². The van der Waals surface area contributed by atoms with Crippen molar-refractivity contribution in [3.8, 4) is 11.4 Å². The van der Waals surface area contributed by atoms with Crippen LogP contribution in [0.2, 0.25) is 5.02 Å². The molecule has 1 heterocycles. The fourth-order valence-electron chi connectivity index (χ4n) is 2.09. The van der Waals surface area contributed by atoms with Gasteiger partial charge in [-0.25, -0.2) is 0 Å². The first-order chi connectivity index (χ1) is 11.6. The first-order valence-electron chi connectivity index (χ1n) is 7.28. The van der Waals surface area contributed by atoms with E-state index in [1.807, 2.05) is 60.5 Å². The molecule has 5 nitrogen and oxygen atoms in total. The number of hydrogen-bond acceptors (Lipinski definition) is 4. The van der Waals surface area contributed by atoms with Gasteiger partial charge in [-0.15, -0.1) is 0 Å². The Morgan fingerprint density at radius 2 is 1.88 bits per heavy atom. The van der Waals surface area contributed by atoms with Gasteiger partial charge in [0, 0.05) is 18.3 Å². The van der Waals surface area contributed by atoms with Crippen LogP contribution >= 0.6 is 23.8 Å². The molecule has 24 heavy (non-hydrogen) atoms. The number of hydrogen-bond donors (Lipinski definition) is 1. The molecule has 0 aliphatic heterocycles. The van der Waals surface area contributed by atoms with Crippen LogP contribution in [0.4, 0.5) is 5.69 Å². The van der Waals surface area contributed by atoms with Gasteiger partial charge in [-0.2, -0.15) is 4.98 Å². The Hall–Kier alpha value is -2.44. The molecule has 0 saturated heterocycles. The van der Waals surface area contributed by atoms with Gasteiger partial charge in [0.15, 0.2) is 5.11 Å². The molecular formula is C17H15ClN4OS. The summed E-state index contributed by atoms with van der Waals surface area (Å²) in [7, 11) is 1.86. The second-order valence-corrected chi connectivity index (χ2v) is 5.94. The van der Waals surface area contributed by atoms with Crippen LogP contribution in [0.1, 0.15) is 5.89 Å². The maximum Gasteiger partial charge on any atom is 0.246 e. The Balaban J connectivity index is 1.66. The van der Waals surface area contributed by atoms with Crippen LogP contribution in [0, 0.1) is 0 Å². The molecule has 0 aliphatic rings. The van der Waals surface area contributed by atoms with Gasteiger partial charge >= 0.3 is 0 Å². The number of benzene rings is 2. The quantitative estimate of drug-likeness (QED) is 0.705. The lowest BCUT2D eigenvalue weighted by Crippen LogP contribution is -2.30. The van der Waals surface area contributed by atoms with E-state index < -0.39 is 0 Å². The van der Waals surface area contributed by atoms with Crippen LogP contribution in [0.25, 0.3) is 11.4 Å². The van der Waals surface area contributed by atoms with Crippen molar-refractivity contribution < 1.29 is 4.52 Å². The third kappa shape index (κ3) is 3.90. The lowest BCUT2D eigenvalue weighted by molar-refractivity contribution is 0.336. The summed E-state index contributed by atoms with van der Waals surface area (Å²) in [4.78, 5) is 6.21. The summed E-state index contributed by atoms with van der Waals surface area (Å²) in [6.45, 7) is 0.399. The summed E-state index contributed by atoms with van der Waals surface area (Å²) < 4.78 is 5.30. The summed E-state index contributed by atoms with van der Waals surface area (Å²) in [5, 5.41) is 8.29. The SMILES string of the molecule is CN(Cc1nc(-c2ccccc2Cl)no1)C(=S)Nc1ccccc1. The van der Waals surface area contributed by atoms with E-state index in [0.29, 0.717) is 28.4 Å². The second-order valence-electron chi connectivity index (χ2n) is 5.14. The highest BCUT2D eigenvalue weighted by Gasteiger charge is 2.14. The third-order valence-corrected chi connectivity index (χ3v) is 4.07. The summed E-state index contributed by atoms with van der Waals surface area (Å²) in [6.07, 6.45) is 0. The number of aromatic nitrogens is 2. The number of nitrogens with zero attached hydrogens (tertiary/aromatic N) is 3. The fourth-order valence-corrected chi connectivity index (χ4v) is 2.49. The van der Waals surface area contributed by atoms with Crippen molar-refractivity contribution in [2.75, 3.05) is 12.4 Å². The van der Waals surface area contributed by atoms with Crippen molar-refractivity contribution in [1.82, 2.24) is 15.0 Å². The number of nitrogens with one attached hydrogen (secondary N) is 1. The van der Waals surface area contributed by atoms with E-state index in [1.54, 1.807) is 6.07 Å². The van der Waals surface area contributed by atoms with Crippen LogP contribution in [-0.2, 0) is 6.54 Å². The van der Waals surface area contributed by atoms with E-state index in [1.165, 1.54) is 0 Å². The molecule has 2 aromatic carbocycles. The van der Waals surface area contributed by atoms with Gasteiger partial charge in [0.2, 0.25) is 11.7 Å². The van der Waals surface area contributed by atoms with E-state index in [2.05, 4.69) is 15.5 Å². The highest BCUT2D eigenvalue weighted by molar-refractivity contribution is 7.80. The zero-order valence-electron chi connectivity index (χ0n) is 12.9. The van der Waals surface area contributed by atoms with Gasteiger partial charge in [0.25, 0.3) is 0 Å². The minimum atomic E-state index is 0.399. The molecule has 1 N–H and O–H groups in total. The molecule has 1 aromatic heterocycles. The van der Waals surface area contributed by atoms with Crippen LogP contribution in [0.3, 0.4) is 0 Å². The van der Waals surface area contributed by atoms with Crippen molar-refractivity contribution in [1.29, 1.82) is 0 Å². The lowest BCUT2D eigenvalue weighted by atomic mass is 10.2. The molecule has 0 fully saturated rings. The van der Waals surface area contributed by atoms with E-state index in [0.717, 1.165) is 11.3 Å². The van der Waals surface area contributed by atoms with Crippen molar-refractivity contribution >= 4 is 34.6 Å². The van der Waals surface area contributed by atoms with Gasteiger partial charge in [-0.05, 0) is 36.5 Å². The fraction of sp³-hybridized carbons (Fsp3) is 0.118. The number of para-hydroxylation sites is 1. The van der Waals surface area contributed by atoms with Gasteiger partial charge in [-0.1, -0.05) is 47.1 Å². The van der Waals surface area contributed by atoms with Gasteiger partial charge in [-0.3, -0.25) is 0 Å². The van der Waals surface area contributed by atoms with Gasteiger partial charge < -0.3 is 14.7 Å². The molecule has 7 heteroatoms. The first kappa shape index (κ1) is 16.4. The summed E-state index contributed by atoms with van der Waals surface area (Å²) in [5.41, 5.74) is 1.67. The topological polar surface area (TPSA) is 54.2 Å². The van der Waals surface area contributed by atoms with E-state index in [4.69, 9.17) is 28.3 Å². The predicted octanol–water partition coefficient (Wildman–Crippen LogP) is 4.22. The van der Waals surface area contributed by atoms with Gasteiger partial charge in [0.1, 0.15) is 0 Å². The highest BCUT2D eigenvalue weighted by Crippen LogP contribution is 2.25. The summed E-state index contributed by atoms with van der Waals surface area (Å²) in [5.74, 6) is 0.926. The van der Waals surface area contributed by atoms with E-state index in [9.17, 15) is 0 Å². The first-order valence-corrected chi connectivity index (χ1v) is 8.07. The normalized spacial score (nSPS) is 10.4. The molecule has 3 rings (SSSR count). The predicted molar refractivity (Wildman–Crippen MR) is 98.9 cm³/mol. The molecular weight excluding hydrogens is 344 g/mol. The smallest absolute Gasteiger partial charge is 0.246 e. The molecule has 3 aromatic rings. The Morgan fingerprint density at radius 3 is 2.62 bits per heavy atom. The number of halogens is 1. The van der Waals surface area contributed by atoms with Crippen LogP contribution in [0.5, 0.6) is 0 Å². The van der Waals surface area contributed by atoms with Crippen molar-refractivity contribution in [2.24, 2.45) is 0 Å². The average molecular weight is 359 g/mol. The molecule has 0 atom stereocenters. The molecule has 0 aliphatic carbocycles. The van der Waals surface area contributed by atoms with Crippen LogP contribution in [-0.4, -0.2) is 27.2 Å². The van der Waals surface area contributed by atoms with E-state index >= 15 is 0 Å². The molecule has 0 spiro atoms. The molecule has 0 bridgehead atoms. The van der Waals surface area contributed by atoms with Crippen molar-refractivity contribution in [3.05, 3.63) is 65.5 Å². The highest BCUT2D eigenvalue weighted by atomic mass is 35.5. The number of anilines is 1. The van der Waals surface area contributed by atoms with Crippen molar-refractivity contribution in [2.45, 2.75) is 6.54 Å². The molecule has 0 saturated carbocycles. The Morgan fingerprint density at radius 1 is 1.17 bits per heavy atom. The Bertz CT molecular complexity index is 837. The standard InChI is InChI=1S/C17H15ClN4OS/c1-22(17(24)19-12-7-3-2-4-8-12)11-15-20-16(21-23-15)13-9-5-6-10-14(13)18/h2-10H,11H2,1H3,(H,19,24). The van der Waals surface area contributed by atoms with Crippen LogP contribution < -0.4 is 5.32 Å². The zero-order valence-corrected chi connectivity index (χ0v) is 14.5. The molecule has 0 amide bonds. The average Bonchev–Trinajstić information content (AvgIpc) is 3.04. The monoisotopic (exact) mass is 358 g/mol. The minimum Gasteiger partial charge on any atom is -0.343 e. The van der Waals surface area contributed by atoms with Crippen LogP contribution in [0.15, 0.2) is 59.1 Å².